The van der Waals surface area contributed by atoms with Gasteiger partial charge in [-0.05, 0) is 48.7 Å². The van der Waals surface area contributed by atoms with Crippen molar-refractivity contribution in [2.45, 2.75) is 39.2 Å². The van der Waals surface area contributed by atoms with E-state index in [1.54, 1.807) is 24.3 Å². The van der Waals surface area contributed by atoms with Crippen LogP contribution >= 0.6 is 11.3 Å². The van der Waals surface area contributed by atoms with E-state index in [1.165, 1.54) is 16.2 Å². The lowest BCUT2D eigenvalue weighted by atomic mass is 9.95. The Hall–Kier alpha value is -3.97. The second kappa shape index (κ2) is 10.6. The fourth-order valence-electron chi connectivity index (χ4n) is 4.51. The predicted octanol–water partition coefficient (Wildman–Crippen LogP) is 6.80. The lowest BCUT2D eigenvalue weighted by Crippen LogP contribution is -2.29. The van der Waals surface area contributed by atoms with Crippen LogP contribution in [-0.4, -0.2) is 28.4 Å². The number of ether oxygens (including phenoxy) is 1. The Morgan fingerprint density at radius 3 is 2.51 bits per heavy atom. The van der Waals surface area contributed by atoms with Crippen molar-refractivity contribution >= 4 is 44.1 Å². The van der Waals surface area contributed by atoms with Crippen molar-refractivity contribution in [1.29, 1.82) is 0 Å². The zero-order valence-electron chi connectivity index (χ0n) is 20.8. The molecule has 7 heteroatoms. The van der Waals surface area contributed by atoms with Crippen molar-refractivity contribution in [2.24, 2.45) is 0 Å². The van der Waals surface area contributed by atoms with Crippen molar-refractivity contribution in [2.75, 3.05) is 11.5 Å². The largest absolute Gasteiger partial charge is 0.507 e. The maximum absolute atomic E-state index is 13.4. The number of ketones is 1. The van der Waals surface area contributed by atoms with Crippen molar-refractivity contribution in [3.63, 3.8) is 0 Å². The van der Waals surface area contributed by atoms with E-state index in [9.17, 15) is 14.7 Å². The average Bonchev–Trinajstić information content (AvgIpc) is 3.44. The summed E-state index contributed by atoms with van der Waals surface area (Å²) < 4.78 is 6.78. The van der Waals surface area contributed by atoms with Gasteiger partial charge in [-0.2, -0.15) is 0 Å². The molecule has 1 fully saturated rings. The number of carbonyl (C=O) groups excluding carboxylic acids is 2. The van der Waals surface area contributed by atoms with E-state index in [0.717, 1.165) is 40.8 Å². The molecule has 4 aromatic rings. The number of benzene rings is 3. The van der Waals surface area contributed by atoms with Gasteiger partial charge in [0.15, 0.2) is 5.13 Å². The lowest BCUT2D eigenvalue weighted by molar-refractivity contribution is -0.132. The van der Waals surface area contributed by atoms with Crippen LogP contribution in [0.2, 0.25) is 0 Å². The normalized spacial score (nSPS) is 17.0. The zero-order valence-corrected chi connectivity index (χ0v) is 21.6. The molecule has 188 valence electrons. The molecule has 1 saturated heterocycles. The van der Waals surface area contributed by atoms with Gasteiger partial charge in [-0.1, -0.05) is 79.6 Å². The van der Waals surface area contributed by atoms with Crippen LogP contribution in [0.1, 0.15) is 48.9 Å². The van der Waals surface area contributed by atoms with Gasteiger partial charge >= 0.3 is 5.91 Å². The minimum Gasteiger partial charge on any atom is -0.507 e. The number of aromatic nitrogens is 1. The second-order valence-corrected chi connectivity index (χ2v) is 10.1. The Morgan fingerprint density at radius 2 is 1.78 bits per heavy atom. The van der Waals surface area contributed by atoms with Crippen LogP contribution in [0.15, 0.2) is 78.4 Å². The summed E-state index contributed by atoms with van der Waals surface area (Å²) >= 11 is 1.35. The van der Waals surface area contributed by atoms with Gasteiger partial charge in [0.1, 0.15) is 11.5 Å². The van der Waals surface area contributed by atoms with E-state index in [4.69, 9.17) is 4.74 Å². The number of Topliss-reactive ketones (excluding diaryl/α,β-unsaturated/α-hetero) is 1. The average molecular weight is 513 g/mol. The summed E-state index contributed by atoms with van der Waals surface area (Å²) in [5.41, 5.74) is 3.04. The minimum atomic E-state index is -0.823. The van der Waals surface area contributed by atoms with Gasteiger partial charge in [-0.3, -0.25) is 14.5 Å². The molecular weight excluding hydrogens is 484 g/mol. The number of nitrogens with zero attached hydrogens (tertiary/aromatic N) is 2. The van der Waals surface area contributed by atoms with Gasteiger partial charge in [-0.25, -0.2) is 4.98 Å². The maximum Gasteiger partial charge on any atom is 0.301 e. The Labute approximate surface area is 219 Å². The number of aryl methyl sites for hydroxylation is 1. The first-order valence-electron chi connectivity index (χ1n) is 12.4. The number of carbonyl (C=O) groups is 2. The molecule has 5 rings (SSSR count). The van der Waals surface area contributed by atoms with E-state index >= 15 is 0 Å². The number of rotatable bonds is 8. The molecule has 0 aliphatic carbocycles. The van der Waals surface area contributed by atoms with Crippen molar-refractivity contribution < 1.29 is 19.4 Å². The number of amides is 1. The summed E-state index contributed by atoms with van der Waals surface area (Å²) in [5, 5.41) is 11.7. The van der Waals surface area contributed by atoms with Crippen molar-refractivity contribution in [3.05, 3.63) is 95.1 Å². The van der Waals surface area contributed by atoms with Crippen LogP contribution in [-0.2, 0) is 9.59 Å². The van der Waals surface area contributed by atoms with E-state index < -0.39 is 17.7 Å². The van der Waals surface area contributed by atoms with Crippen LogP contribution in [0, 0.1) is 6.92 Å². The van der Waals surface area contributed by atoms with Crippen LogP contribution < -0.4 is 9.64 Å². The van der Waals surface area contributed by atoms with Gasteiger partial charge in [0.25, 0.3) is 5.78 Å². The number of thiazole rings is 1. The predicted molar refractivity (Wildman–Crippen MR) is 147 cm³/mol. The number of anilines is 1. The molecule has 6 nitrogen and oxygen atoms in total. The Bertz CT molecular complexity index is 1470. The quantitative estimate of drug-likeness (QED) is 0.122. The third kappa shape index (κ3) is 4.87. The third-order valence-corrected chi connectivity index (χ3v) is 7.46. The Morgan fingerprint density at radius 1 is 1.03 bits per heavy atom. The van der Waals surface area contributed by atoms with Gasteiger partial charge < -0.3 is 9.84 Å². The molecule has 0 bridgehead atoms. The number of hydrogen-bond donors (Lipinski definition) is 1. The molecule has 1 aliphatic heterocycles. The Balaban J connectivity index is 1.59. The molecule has 0 saturated carbocycles. The summed E-state index contributed by atoms with van der Waals surface area (Å²) in [6, 6.07) is 21.2. The number of aliphatic hydroxyl groups excluding tert-OH is 1. The molecule has 1 aromatic heterocycles. The highest BCUT2D eigenvalue weighted by Gasteiger charge is 2.48. The first-order chi connectivity index (χ1) is 18.0. The number of aliphatic hydroxyl groups is 1. The first-order valence-corrected chi connectivity index (χ1v) is 13.3. The fraction of sp³-hybridized carbons (Fsp3) is 0.233. The summed E-state index contributed by atoms with van der Waals surface area (Å²) in [7, 11) is 0. The van der Waals surface area contributed by atoms with E-state index in [1.807, 2.05) is 55.5 Å². The molecule has 3 aromatic carbocycles. The number of hydrogen-bond acceptors (Lipinski definition) is 6. The molecule has 2 heterocycles. The lowest BCUT2D eigenvalue weighted by Gasteiger charge is -2.23. The maximum atomic E-state index is 13.4. The first kappa shape index (κ1) is 24.7. The summed E-state index contributed by atoms with van der Waals surface area (Å²) in [5.74, 6) is -0.932. The van der Waals surface area contributed by atoms with Gasteiger partial charge in [0, 0.05) is 5.56 Å². The summed E-state index contributed by atoms with van der Waals surface area (Å²) in [4.78, 5) is 32.9. The third-order valence-electron chi connectivity index (χ3n) is 6.44. The molecule has 1 aliphatic rings. The number of fused-ring (bicyclic) bond motifs is 1. The van der Waals surface area contributed by atoms with Gasteiger partial charge in [0.05, 0.1) is 28.4 Å². The van der Waals surface area contributed by atoms with Crippen molar-refractivity contribution in [3.8, 4) is 5.75 Å². The molecule has 37 heavy (non-hydrogen) atoms. The molecule has 1 N–H and O–H groups in total. The Kier molecular flexibility index (Phi) is 7.06. The smallest absolute Gasteiger partial charge is 0.301 e. The van der Waals surface area contributed by atoms with Crippen molar-refractivity contribution in [1.82, 2.24) is 4.98 Å². The van der Waals surface area contributed by atoms with Crippen LogP contribution in [0.5, 0.6) is 5.75 Å². The molecular formula is C30H28N2O4S. The van der Waals surface area contributed by atoms with Crippen LogP contribution in [0.25, 0.3) is 16.0 Å². The van der Waals surface area contributed by atoms with E-state index in [-0.39, 0.29) is 11.3 Å². The fourth-order valence-corrected chi connectivity index (χ4v) is 5.60. The molecule has 1 atom stereocenters. The van der Waals surface area contributed by atoms with Crippen LogP contribution in [0.3, 0.4) is 0 Å². The van der Waals surface area contributed by atoms with Gasteiger partial charge in [0.2, 0.25) is 0 Å². The molecule has 1 amide bonds. The highest BCUT2D eigenvalue weighted by molar-refractivity contribution is 7.22. The minimum absolute atomic E-state index is 0.0447. The summed E-state index contributed by atoms with van der Waals surface area (Å²) in [6.45, 7) is 4.77. The SMILES string of the molecule is CCCCCOc1ccc(C2C(=C(O)c3ccccc3)C(=O)C(=O)N2c2nc3ccc(C)cc3s2)cc1. The topological polar surface area (TPSA) is 79.7 Å². The summed E-state index contributed by atoms with van der Waals surface area (Å²) in [6.07, 6.45) is 3.20. The standard InChI is InChI=1S/C30H28N2O4S/c1-3-4-8-17-36-22-14-12-20(13-15-22)26-25(27(33)21-9-6-5-7-10-21)28(34)29(35)32(26)30-31-23-16-11-19(2)18-24(23)37-30/h5-7,9-16,18,26,33H,3-4,8,17H2,1-2H3. The molecule has 1 unspecified atom stereocenters. The van der Waals surface area contributed by atoms with Gasteiger partial charge in [-0.15, -0.1) is 0 Å². The van der Waals surface area contributed by atoms with E-state index in [2.05, 4.69) is 11.9 Å². The molecule has 0 spiro atoms. The highest BCUT2D eigenvalue weighted by atomic mass is 32.1. The zero-order chi connectivity index (χ0) is 25.9. The highest BCUT2D eigenvalue weighted by Crippen LogP contribution is 2.44. The number of unbranched alkanes of at least 4 members (excludes halogenated alkanes) is 2. The monoisotopic (exact) mass is 512 g/mol. The molecule has 0 radical (unpaired) electrons. The van der Waals surface area contributed by atoms with E-state index in [0.29, 0.717) is 22.9 Å². The van der Waals surface area contributed by atoms with Crippen LogP contribution in [0.4, 0.5) is 5.13 Å². The second-order valence-electron chi connectivity index (χ2n) is 9.13.